The fourth-order valence-electron chi connectivity index (χ4n) is 1.50. The summed E-state index contributed by atoms with van der Waals surface area (Å²) in [5.74, 6) is 0.709. The van der Waals surface area contributed by atoms with Crippen molar-refractivity contribution in [1.29, 1.82) is 0 Å². The lowest BCUT2D eigenvalue weighted by molar-refractivity contribution is 0.0992. The van der Waals surface area contributed by atoms with E-state index < -0.39 is 0 Å². The number of nitrogens with zero attached hydrogens (tertiary/aromatic N) is 1. The van der Waals surface area contributed by atoms with Gasteiger partial charge < -0.3 is 4.74 Å². The van der Waals surface area contributed by atoms with Crippen molar-refractivity contribution in [3.05, 3.63) is 46.4 Å². The molecule has 0 unspecified atom stereocenters. The van der Waals surface area contributed by atoms with E-state index in [2.05, 4.69) is 4.98 Å². The molecule has 0 bridgehead atoms. The van der Waals surface area contributed by atoms with E-state index in [0.29, 0.717) is 24.3 Å². The van der Waals surface area contributed by atoms with Crippen LogP contribution in [0.5, 0.6) is 5.75 Å². The van der Waals surface area contributed by atoms with Crippen LogP contribution in [0.4, 0.5) is 0 Å². The molecule has 2 aromatic rings. The van der Waals surface area contributed by atoms with Crippen molar-refractivity contribution in [2.45, 2.75) is 13.3 Å². The minimum atomic E-state index is 0.0671. The molecule has 0 amide bonds. The quantitative estimate of drug-likeness (QED) is 0.762. The van der Waals surface area contributed by atoms with E-state index in [0.717, 1.165) is 5.56 Å². The Labute approximate surface area is 104 Å². The molecule has 17 heavy (non-hydrogen) atoms. The molecular formula is C13H13NO2S. The third kappa shape index (κ3) is 3.14. The van der Waals surface area contributed by atoms with Gasteiger partial charge in [-0.25, -0.2) is 0 Å². The van der Waals surface area contributed by atoms with E-state index in [9.17, 15) is 4.79 Å². The Balaban J connectivity index is 2.11. The summed E-state index contributed by atoms with van der Waals surface area (Å²) in [7, 11) is 0. The third-order valence-electron chi connectivity index (χ3n) is 2.29. The van der Waals surface area contributed by atoms with Crippen molar-refractivity contribution in [2.75, 3.05) is 6.61 Å². The second kappa shape index (κ2) is 5.59. The Morgan fingerprint density at radius 1 is 1.47 bits per heavy atom. The number of rotatable bonds is 5. The second-order valence-electron chi connectivity index (χ2n) is 3.57. The van der Waals surface area contributed by atoms with Crippen LogP contribution in [0.25, 0.3) is 0 Å². The van der Waals surface area contributed by atoms with Crippen molar-refractivity contribution in [2.24, 2.45) is 0 Å². The normalized spacial score (nSPS) is 10.2. The number of hydrogen-bond donors (Lipinski definition) is 0. The van der Waals surface area contributed by atoms with E-state index >= 15 is 0 Å². The summed E-state index contributed by atoms with van der Waals surface area (Å²) in [6.07, 6.45) is 3.61. The molecule has 0 N–H and O–H groups in total. The zero-order valence-corrected chi connectivity index (χ0v) is 10.4. The summed E-state index contributed by atoms with van der Waals surface area (Å²) in [5, 5.41) is 3.95. The smallest absolute Gasteiger partial charge is 0.168 e. The van der Waals surface area contributed by atoms with Crippen molar-refractivity contribution >= 4 is 17.1 Å². The maximum Gasteiger partial charge on any atom is 0.168 e. The van der Waals surface area contributed by atoms with E-state index in [1.54, 1.807) is 29.8 Å². The van der Waals surface area contributed by atoms with Crippen molar-refractivity contribution < 1.29 is 9.53 Å². The van der Waals surface area contributed by atoms with Crippen molar-refractivity contribution in [3.8, 4) is 5.75 Å². The molecule has 0 aliphatic carbocycles. The molecule has 3 nitrogen and oxygen atoms in total. The molecule has 2 heterocycles. The van der Waals surface area contributed by atoms with Gasteiger partial charge in [0.15, 0.2) is 5.78 Å². The van der Waals surface area contributed by atoms with Gasteiger partial charge in [-0.05, 0) is 35.4 Å². The van der Waals surface area contributed by atoms with Crippen LogP contribution >= 0.6 is 11.3 Å². The van der Waals surface area contributed by atoms with Gasteiger partial charge in [-0.3, -0.25) is 9.78 Å². The number of ketones is 1. The zero-order chi connectivity index (χ0) is 12.1. The summed E-state index contributed by atoms with van der Waals surface area (Å²) in [5.41, 5.74) is 1.64. The molecule has 2 rings (SSSR count). The summed E-state index contributed by atoms with van der Waals surface area (Å²) in [6.45, 7) is 2.48. The van der Waals surface area contributed by atoms with Gasteiger partial charge in [0.25, 0.3) is 0 Å². The lowest BCUT2D eigenvalue weighted by atomic mass is 10.1. The van der Waals surface area contributed by atoms with E-state index in [-0.39, 0.29) is 5.78 Å². The van der Waals surface area contributed by atoms with Crippen LogP contribution in [0.2, 0.25) is 0 Å². The first-order valence-corrected chi connectivity index (χ1v) is 6.36. The van der Waals surface area contributed by atoms with Crippen LogP contribution in [0.3, 0.4) is 0 Å². The third-order valence-corrected chi connectivity index (χ3v) is 3.02. The second-order valence-corrected chi connectivity index (χ2v) is 4.35. The van der Waals surface area contributed by atoms with E-state index in [1.165, 1.54) is 0 Å². The SMILES string of the molecule is CCOc1cncc(C(=O)Cc2ccsc2)c1. The minimum absolute atomic E-state index is 0.0671. The summed E-state index contributed by atoms with van der Waals surface area (Å²) < 4.78 is 5.32. The maximum absolute atomic E-state index is 12.0. The zero-order valence-electron chi connectivity index (χ0n) is 9.55. The van der Waals surface area contributed by atoms with E-state index in [4.69, 9.17) is 4.74 Å². The van der Waals surface area contributed by atoms with Gasteiger partial charge >= 0.3 is 0 Å². The highest BCUT2D eigenvalue weighted by Gasteiger charge is 2.09. The topological polar surface area (TPSA) is 39.2 Å². The molecule has 88 valence electrons. The average molecular weight is 247 g/mol. The molecule has 0 saturated heterocycles. The van der Waals surface area contributed by atoms with Gasteiger partial charge in [-0.1, -0.05) is 0 Å². The lowest BCUT2D eigenvalue weighted by Crippen LogP contribution is -2.04. The number of pyridine rings is 1. The molecule has 2 aromatic heterocycles. The van der Waals surface area contributed by atoms with Crippen LogP contribution in [-0.2, 0) is 6.42 Å². The van der Waals surface area contributed by atoms with Crippen molar-refractivity contribution in [3.63, 3.8) is 0 Å². The number of ether oxygens (including phenoxy) is 1. The Morgan fingerprint density at radius 2 is 2.35 bits per heavy atom. The maximum atomic E-state index is 12.0. The Bertz CT molecular complexity index is 494. The standard InChI is InChI=1S/C13H13NO2S/c1-2-16-12-6-11(7-14-8-12)13(15)5-10-3-4-17-9-10/h3-4,6-9H,2,5H2,1H3. The summed E-state index contributed by atoms with van der Waals surface area (Å²) in [6, 6.07) is 3.70. The van der Waals surface area contributed by atoms with Gasteiger partial charge in [-0.15, -0.1) is 0 Å². The number of aromatic nitrogens is 1. The molecule has 0 radical (unpaired) electrons. The van der Waals surface area contributed by atoms with Crippen molar-refractivity contribution in [1.82, 2.24) is 4.98 Å². The van der Waals surface area contributed by atoms with Gasteiger partial charge in [0, 0.05) is 18.2 Å². The fraction of sp³-hybridized carbons (Fsp3) is 0.231. The van der Waals surface area contributed by atoms with Crippen LogP contribution in [-0.4, -0.2) is 17.4 Å². The number of carbonyl (C=O) groups excluding carboxylic acids is 1. The average Bonchev–Trinajstić information content (AvgIpc) is 2.83. The largest absolute Gasteiger partial charge is 0.492 e. The van der Waals surface area contributed by atoms with Crippen LogP contribution in [0.15, 0.2) is 35.3 Å². The molecular weight excluding hydrogens is 234 g/mol. The molecule has 0 spiro atoms. The van der Waals surface area contributed by atoms with Crippen LogP contribution < -0.4 is 4.74 Å². The first-order chi connectivity index (χ1) is 8.29. The summed E-state index contributed by atoms with van der Waals surface area (Å²) >= 11 is 1.60. The molecule has 0 saturated carbocycles. The monoisotopic (exact) mass is 247 g/mol. The molecule has 0 fully saturated rings. The molecule has 0 atom stereocenters. The van der Waals surface area contributed by atoms with Gasteiger partial charge in [-0.2, -0.15) is 11.3 Å². The van der Waals surface area contributed by atoms with Gasteiger partial charge in [0.1, 0.15) is 5.75 Å². The molecule has 0 aliphatic heterocycles. The molecule has 0 aliphatic rings. The Kier molecular flexibility index (Phi) is 3.88. The predicted octanol–water partition coefficient (Wildman–Crippen LogP) is 2.97. The van der Waals surface area contributed by atoms with Gasteiger partial charge in [0.2, 0.25) is 0 Å². The Hall–Kier alpha value is -1.68. The highest BCUT2D eigenvalue weighted by atomic mass is 32.1. The summed E-state index contributed by atoms with van der Waals surface area (Å²) in [4.78, 5) is 16.0. The Morgan fingerprint density at radius 3 is 3.06 bits per heavy atom. The lowest BCUT2D eigenvalue weighted by Gasteiger charge is -2.04. The fourth-order valence-corrected chi connectivity index (χ4v) is 2.17. The predicted molar refractivity (Wildman–Crippen MR) is 67.8 cm³/mol. The number of thiophene rings is 1. The molecule has 0 aromatic carbocycles. The van der Waals surface area contributed by atoms with Crippen LogP contribution in [0, 0.1) is 0 Å². The number of carbonyl (C=O) groups is 1. The minimum Gasteiger partial charge on any atom is -0.492 e. The van der Waals surface area contributed by atoms with Crippen LogP contribution in [0.1, 0.15) is 22.8 Å². The van der Waals surface area contributed by atoms with Gasteiger partial charge in [0.05, 0.1) is 12.8 Å². The highest BCUT2D eigenvalue weighted by Crippen LogP contribution is 2.14. The molecule has 4 heteroatoms. The number of Topliss-reactive ketones (excluding diaryl/α,β-unsaturated/α-hetero) is 1. The first-order valence-electron chi connectivity index (χ1n) is 5.41. The number of hydrogen-bond acceptors (Lipinski definition) is 4. The highest BCUT2D eigenvalue weighted by molar-refractivity contribution is 7.08. The first kappa shape index (κ1) is 11.8. The van der Waals surface area contributed by atoms with E-state index in [1.807, 2.05) is 23.8 Å².